The van der Waals surface area contributed by atoms with E-state index in [9.17, 15) is 14.7 Å². The fourth-order valence-corrected chi connectivity index (χ4v) is 3.79. The first-order valence-corrected chi connectivity index (χ1v) is 9.57. The van der Waals surface area contributed by atoms with E-state index in [-0.39, 0.29) is 24.5 Å². The maximum absolute atomic E-state index is 13.1. The largest absolute Gasteiger partial charge is 0.488 e. The molecule has 154 valence electrons. The molecule has 1 saturated heterocycles. The minimum atomic E-state index is -0.920. The Hall–Kier alpha value is -2.93. The van der Waals surface area contributed by atoms with E-state index in [1.54, 1.807) is 36.5 Å². The number of carboxylic acid groups (broad SMARTS) is 1. The van der Waals surface area contributed by atoms with Crippen LogP contribution in [0.1, 0.15) is 39.9 Å². The average molecular weight is 398 g/mol. The highest BCUT2D eigenvalue weighted by Crippen LogP contribution is 2.29. The molecule has 1 aromatic carbocycles. The Morgan fingerprint density at radius 2 is 2.00 bits per heavy atom. The van der Waals surface area contributed by atoms with Crippen molar-refractivity contribution in [1.82, 2.24) is 9.88 Å². The summed E-state index contributed by atoms with van der Waals surface area (Å²) >= 11 is 0. The zero-order chi connectivity index (χ0) is 21.0. The number of hydrogen-bond donors (Lipinski definition) is 1. The van der Waals surface area contributed by atoms with Crippen molar-refractivity contribution in [2.45, 2.75) is 45.4 Å². The topological polar surface area (TPSA) is 89.0 Å². The molecular formula is C22H26N2O5. The van der Waals surface area contributed by atoms with Gasteiger partial charge in [-0.2, -0.15) is 0 Å². The van der Waals surface area contributed by atoms with E-state index in [1.165, 1.54) is 0 Å². The lowest BCUT2D eigenvalue weighted by Gasteiger charge is -2.24. The molecule has 2 unspecified atom stereocenters. The molecule has 0 saturated carbocycles. The molecule has 3 rings (SSSR count). The lowest BCUT2D eigenvalue weighted by atomic mass is 10.0. The van der Waals surface area contributed by atoms with E-state index in [1.807, 2.05) is 26.0 Å². The zero-order valence-electron chi connectivity index (χ0n) is 16.9. The summed E-state index contributed by atoms with van der Waals surface area (Å²) in [5.41, 5.74) is 3.20. The highest BCUT2D eigenvalue weighted by molar-refractivity contribution is 5.95. The Morgan fingerprint density at radius 3 is 2.59 bits per heavy atom. The van der Waals surface area contributed by atoms with E-state index >= 15 is 0 Å². The molecule has 0 bridgehead atoms. The van der Waals surface area contributed by atoms with Gasteiger partial charge in [0.15, 0.2) is 0 Å². The van der Waals surface area contributed by atoms with Gasteiger partial charge in [0.05, 0.1) is 12.5 Å². The zero-order valence-corrected chi connectivity index (χ0v) is 16.9. The van der Waals surface area contributed by atoms with Gasteiger partial charge >= 0.3 is 5.97 Å². The van der Waals surface area contributed by atoms with Crippen LogP contribution in [0.4, 0.5) is 0 Å². The molecule has 0 radical (unpaired) electrons. The summed E-state index contributed by atoms with van der Waals surface area (Å²) in [5, 5.41) is 9.18. The fourth-order valence-electron chi connectivity index (χ4n) is 3.79. The van der Waals surface area contributed by atoms with Crippen LogP contribution in [-0.4, -0.2) is 52.7 Å². The van der Waals surface area contributed by atoms with E-state index < -0.39 is 5.97 Å². The van der Waals surface area contributed by atoms with Crippen LogP contribution < -0.4 is 4.74 Å². The van der Waals surface area contributed by atoms with Gasteiger partial charge < -0.3 is 19.5 Å². The van der Waals surface area contributed by atoms with Gasteiger partial charge in [0, 0.05) is 43.2 Å². The third kappa shape index (κ3) is 4.92. The summed E-state index contributed by atoms with van der Waals surface area (Å²) in [6.07, 6.45) is 3.76. The van der Waals surface area contributed by atoms with E-state index in [2.05, 4.69) is 4.98 Å². The van der Waals surface area contributed by atoms with Gasteiger partial charge in [-0.05, 0) is 49.6 Å². The second-order valence-corrected chi connectivity index (χ2v) is 7.39. The molecule has 1 aliphatic heterocycles. The molecule has 1 fully saturated rings. The number of carbonyl (C=O) groups is 2. The summed E-state index contributed by atoms with van der Waals surface area (Å²) in [6.45, 7) is 4.59. The summed E-state index contributed by atoms with van der Waals surface area (Å²) in [5.74, 6) is -0.361. The Balaban J connectivity index is 1.78. The number of pyridine rings is 1. The number of hydrogen-bond acceptors (Lipinski definition) is 5. The smallest absolute Gasteiger partial charge is 0.305 e. The Kier molecular flexibility index (Phi) is 6.49. The fraction of sp³-hybridized carbons (Fsp3) is 0.409. The number of aryl methyl sites for hydroxylation is 2. The molecule has 1 aromatic heterocycles. The Bertz CT molecular complexity index is 861. The molecule has 2 atom stereocenters. The van der Waals surface area contributed by atoms with Crippen molar-refractivity contribution in [3.63, 3.8) is 0 Å². The van der Waals surface area contributed by atoms with Crippen LogP contribution in [0.2, 0.25) is 0 Å². The molecule has 0 aliphatic carbocycles. The van der Waals surface area contributed by atoms with Crippen LogP contribution in [0.15, 0.2) is 36.7 Å². The number of aliphatic carboxylic acids is 1. The second-order valence-electron chi connectivity index (χ2n) is 7.39. The number of benzene rings is 1. The van der Waals surface area contributed by atoms with Gasteiger partial charge in [-0.15, -0.1) is 0 Å². The van der Waals surface area contributed by atoms with Crippen molar-refractivity contribution in [1.29, 1.82) is 0 Å². The number of carboxylic acids is 1. The number of ether oxygens (including phenoxy) is 2. The minimum Gasteiger partial charge on any atom is -0.488 e. The van der Waals surface area contributed by atoms with Crippen LogP contribution in [0.3, 0.4) is 0 Å². The number of aromatic nitrogens is 1. The van der Waals surface area contributed by atoms with E-state index in [0.29, 0.717) is 25.1 Å². The predicted molar refractivity (Wildman–Crippen MR) is 107 cm³/mol. The molecule has 29 heavy (non-hydrogen) atoms. The van der Waals surface area contributed by atoms with E-state index in [4.69, 9.17) is 9.47 Å². The molecule has 1 aliphatic rings. The maximum Gasteiger partial charge on any atom is 0.305 e. The average Bonchev–Trinajstić information content (AvgIpc) is 3.09. The monoisotopic (exact) mass is 398 g/mol. The highest BCUT2D eigenvalue weighted by atomic mass is 16.5. The van der Waals surface area contributed by atoms with E-state index in [0.717, 1.165) is 22.4 Å². The maximum atomic E-state index is 13.1. The first kappa shape index (κ1) is 20.8. The lowest BCUT2D eigenvalue weighted by molar-refractivity contribution is -0.138. The summed E-state index contributed by atoms with van der Waals surface area (Å²) in [7, 11) is 1.58. The minimum absolute atomic E-state index is 0.0874. The van der Waals surface area contributed by atoms with Crippen molar-refractivity contribution in [2.24, 2.45) is 0 Å². The molecule has 0 spiro atoms. The number of rotatable bonds is 7. The predicted octanol–water partition coefficient (Wildman–Crippen LogP) is 2.98. The van der Waals surface area contributed by atoms with Gasteiger partial charge in [0.2, 0.25) is 0 Å². The molecule has 1 N–H and O–H groups in total. The number of methoxy groups -OCH3 is 1. The quantitative estimate of drug-likeness (QED) is 0.771. The van der Waals surface area contributed by atoms with Crippen LogP contribution in [0.25, 0.3) is 0 Å². The Labute approximate surface area is 170 Å². The molecular weight excluding hydrogens is 372 g/mol. The Morgan fingerprint density at radius 1 is 1.28 bits per heavy atom. The summed E-state index contributed by atoms with van der Waals surface area (Å²) in [6, 6.07) is 7.03. The van der Waals surface area contributed by atoms with Gasteiger partial charge in [0.1, 0.15) is 12.4 Å². The normalized spacial score (nSPS) is 18.7. The molecule has 1 amide bonds. The van der Waals surface area contributed by atoms with Crippen LogP contribution in [0, 0.1) is 13.8 Å². The first-order valence-electron chi connectivity index (χ1n) is 9.57. The highest BCUT2D eigenvalue weighted by Gasteiger charge is 2.37. The van der Waals surface area contributed by atoms with Crippen molar-refractivity contribution in [2.75, 3.05) is 13.7 Å². The van der Waals surface area contributed by atoms with Crippen molar-refractivity contribution in [3.05, 3.63) is 58.9 Å². The number of carbonyl (C=O) groups excluding carboxylic acids is 1. The summed E-state index contributed by atoms with van der Waals surface area (Å²) in [4.78, 5) is 30.0. The van der Waals surface area contributed by atoms with Crippen LogP contribution in [-0.2, 0) is 16.1 Å². The van der Waals surface area contributed by atoms with Crippen LogP contribution in [0.5, 0.6) is 5.75 Å². The van der Waals surface area contributed by atoms with Crippen molar-refractivity contribution in [3.8, 4) is 5.75 Å². The van der Waals surface area contributed by atoms with Gasteiger partial charge in [-0.1, -0.05) is 6.07 Å². The number of amides is 1. The van der Waals surface area contributed by atoms with Crippen molar-refractivity contribution >= 4 is 11.9 Å². The first-order chi connectivity index (χ1) is 13.9. The molecule has 2 heterocycles. The number of nitrogens with zero attached hydrogens (tertiary/aromatic N) is 2. The van der Waals surface area contributed by atoms with Gasteiger partial charge in [-0.3, -0.25) is 14.6 Å². The number of likely N-dealkylation sites (tertiary alicyclic amines) is 1. The third-order valence-electron chi connectivity index (χ3n) is 5.19. The molecule has 2 aromatic rings. The van der Waals surface area contributed by atoms with Gasteiger partial charge in [-0.25, -0.2) is 0 Å². The summed E-state index contributed by atoms with van der Waals surface area (Å²) < 4.78 is 11.3. The van der Waals surface area contributed by atoms with Crippen molar-refractivity contribution < 1.29 is 24.2 Å². The molecule has 7 heteroatoms. The third-order valence-corrected chi connectivity index (χ3v) is 5.19. The second kappa shape index (κ2) is 9.05. The standard InChI is InChI=1S/C22H26N2O5/c1-14-7-17(8-15(2)21(14)29-13-16-5-4-6-23-11-16)22(27)24-12-19(28-3)9-18(24)10-20(25)26/h4-8,11,18-19H,9-10,12-13H2,1-3H3,(H,25,26). The lowest BCUT2D eigenvalue weighted by Crippen LogP contribution is -2.37. The molecule has 7 nitrogen and oxygen atoms in total. The van der Waals surface area contributed by atoms with Crippen LogP contribution >= 0.6 is 0 Å². The van der Waals surface area contributed by atoms with Gasteiger partial charge in [0.25, 0.3) is 5.91 Å². The SMILES string of the molecule is COC1CC(CC(=O)O)N(C(=O)c2cc(C)c(OCc3cccnc3)c(C)c2)C1.